The average Bonchev–Trinajstić information content (AvgIpc) is 2.44. The van der Waals surface area contributed by atoms with Crippen LogP contribution in [0.3, 0.4) is 0 Å². The fraction of sp³-hybridized carbons (Fsp3) is 0.789. The molecule has 0 amide bonds. The lowest BCUT2D eigenvalue weighted by Gasteiger charge is -2.30. The molecular weight excluding hydrogens is 276 g/mol. The molecule has 0 aromatic heterocycles. The first-order valence-corrected chi connectivity index (χ1v) is 8.90. The predicted molar refractivity (Wildman–Crippen MR) is 89.6 cm³/mol. The highest BCUT2D eigenvalue weighted by Gasteiger charge is 2.38. The molecule has 0 aromatic carbocycles. The predicted octanol–water partition coefficient (Wildman–Crippen LogP) is 4.84. The van der Waals surface area contributed by atoms with Crippen LogP contribution in [0, 0.1) is 11.8 Å². The van der Waals surface area contributed by atoms with Crippen LogP contribution in [0.5, 0.6) is 0 Å². The highest BCUT2D eigenvalue weighted by Crippen LogP contribution is 2.28. The summed E-state index contributed by atoms with van der Waals surface area (Å²) in [6, 6.07) is 0. The molecule has 0 spiro atoms. The van der Waals surface area contributed by atoms with Crippen molar-refractivity contribution in [3.63, 3.8) is 0 Å². The summed E-state index contributed by atoms with van der Waals surface area (Å²) in [5.41, 5.74) is 0. The van der Waals surface area contributed by atoms with Crippen LogP contribution in [0.15, 0.2) is 12.2 Å². The van der Waals surface area contributed by atoms with Crippen molar-refractivity contribution in [3.8, 4) is 0 Å². The Hall–Kier alpha value is -1.12. The van der Waals surface area contributed by atoms with E-state index < -0.39 is 5.92 Å². The number of cyclic esters (lactones) is 1. The summed E-state index contributed by atoms with van der Waals surface area (Å²) >= 11 is 0. The summed E-state index contributed by atoms with van der Waals surface area (Å²) in [7, 11) is 0. The number of carbonyl (C=O) groups is 2. The maximum absolute atomic E-state index is 12.2. The van der Waals surface area contributed by atoms with Gasteiger partial charge in [-0.05, 0) is 45.4 Å². The summed E-state index contributed by atoms with van der Waals surface area (Å²) in [5.74, 6) is -0.620. The maximum atomic E-state index is 12.2. The van der Waals surface area contributed by atoms with Crippen LogP contribution >= 0.6 is 0 Å². The van der Waals surface area contributed by atoms with Crippen LogP contribution < -0.4 is 0 Å². The highest BCUT2D eigenvalue weighted by atomic mass is 16.5. The van der Waals surface area contributed by atoms with Gasteiger partial charge in [-0.25, -0.2) is 0 Å². The molecule has 126 valence electrons. The molecule has 3 unspecified atom stereocenters. The number of carbonyl (C=O) groups excluding carboxylic acids is 2. The zero-order valence-electron chi connectivity index (χ0n) is 14.5. The Labute approximate surface area is 135 Å². The third-order valence-corrected chi connectivity index (χ3v) is 4.47. The lowest BCUT2D eigenvalue weighted by molar-refractivity contribution is -0.165. The number of Topliss-reactive ketones (excluding diaryl/α,β-unsaturated/α-hetero) is 1. The van der Waals surface area contributed by atoms with Gasteiger partial charge in [0.2, 0.25) is 0 Å². The third-order valence-electron chi connectivity index (χ3n) is 4.47. The summed E-state index contributed by atoms with van der Waals surface area (Å²) in [6.07, 6.45) is 13.7. The Morgan fingerprint density at radius 2 is 1.77 bits per heavy atom. The number of hydrogen-bond donors (Lipinski definition) is 0. The molecule has 3 atom stereocenters. The van der Waals surface area contributed by atoms with Gasteiger partial charge in [-0.3, -0.25) is 9.59 Å². The highest BCUT2D eigenvalue weighted by molar-refractivity contribution is 5.99. The largest absolute Gasteiger partial charge is 0.462 e. The first-order valence-electron chi connectivity index (χ1n) is 8.90. The van der Waals surface area contributed by atoms with E-state index in [0.717, 1.165) is 19.3 Å². The van der Waals surface area contributed by atoms with Gasteiger partial charge in [0.05, 0.1) is 6.10 Å². The van der Waals surface area contributed by atoms with Crippen LogP contribution in [0.25, 0.3) is 0 Å². The van der Waals surface area contributed by atoms with Crippen molar-refractivity contribution < 1.29 is 14.3 Å². The molecule has 1 saturated heterocycles. The van der Waals surface area contributed by atoms with Gasteiger partial charge in [-0.15, -0.1) is 0 Å². The quantitative estimate of drug-likeness (QED) is 0.251. The molecule has 1 aliphatic heterocycles. The second-order valence-electron chi connectivity index (χ2n) is 6.63. The zero-order valence-corrected chi connectivity index (χ0v) is 14.5. The molecule has 0 saturated carbocycles. The molecule has 1 heterocycles. The monoisotopic (exact) mass is 308 g/mol. The van der Waals surface area contributed by atoms with Crippen LogP contribution in [-0.4, -0.2) is 17.9 Å². The fourth-order valence-corrected chi connectivity index (χ4v) is 3.25. The number of esters is 1. The van der Waals surface area contributed by atoms with Gasteiger partial charge in [0.15, 0.2) is 0 Å². The number of ether oxygens (including phenoxy) is 1. The van der Waals surface area contributed by atoms with Crippen molar-refractivity contribution in [2.45, 2.75) is 84.7 Å². The van der Waals surface area contributed by atoms with Crippen molar-refractivity contribution in [3.05, 3.63) is 12.2 Å². The molecular formula is C19H32O3. The summed E-state index contributed by atoms with van der Waals surface area (Å²) < 4.78 is 5.22. The number of hydrogen-bond acceptors (Lipinski definition) is 3. The molecule has 0 bridgehead atoms. The van der Waals surface area contributed by atoms with E-state index in [2.05, 4.69) is 19.1 Å². The lowest BCUT2D eigenvalue weighted by atomic mass is 9.82. The molecule has 0 aromatic rings. The SMILES string of the molecule is CC=CCCCCCCCCC(=O)C1C(=O)OC(C)CC1C. The zero-order chi connectivity index (χ0) is 16.4. The summed E-state index contributed by atoms with van der Waals surface area (Å²) in [6.45, 7) is 5.94. The third kappa shape index (κ3) is 6.76. The Balaban J connectivity index is 2.11. The molecule has 1 aliphatic rings. The summed E-state index contributed by atoms with van der Waals surface area (Å²) in [5, 5.41) is 0. The summed E-state index contributed by atoms with van der Waals surface area (Å²) in [4.78, 5) is 24.1. The van der Waals surface area contributed by atoms with E-state index in [4.69, 9.17) is 4.74 Å². The van der Waals surface area contributed by atoms with Crippen molar-refractivity contribution >= 4 is 11.8 Å². The number of allylic oxidation sites excluding steroid dienone is 2. The van der Waals surface area contributed by atoms with Gasteiger partial charge >= 0.3 is 5.97 Å². The minimum absolute atomic E-state index is 0.0471. The van der Waals surface area contributed by atoms with Crippen LogP contribution in [-0.2, 0) is 14.3 Å². The maximum Gasteiger partial charge on any atom is 0.317 e. The molecule has 1 fully saturated rings. The van der Waals surface area contributed by atoms with E-state index in [9.17, 15) is 9.59 Å². The molecule has 3 heteroatoms. The molecule has 22 heavy (non-hydrogen) atoms. The Bertz CT molecular complexity index is 373. The van der Waals surface area contributed by atoms with Gasteiger partial charge in [0, 0.05) is 6.42 Å². The Kier molecular flexibility index (Phi) is 9.10. The van der Waals surface area contributed by atoms with Gasteiger partial charge < -0.3 is 4.74 Å². The minimum atomic E-state index is -0.517. The van der Waals surface area contributed by atoms with Gasteiger partial charge in [0.25, 0.3) is 0 Å². The van der Waals surface area contributed by atoms with E-state index in [-0.39, 0.29) is 23.8 Å². The average molecular weight is 308 g/mol. The first-order chi connectivity index (χ1) is 10.6. The number of ketones is 1. The molecule has 0 aliphatic carbocycles. The van der Waals surface area contributed by atoms with E-state index in [0.29, 0.717) is 6.42 Å². The van der Waals surface area contributed by atoms with Crippen LogP contribution in [0.1, 0.15) is 78.6 Å². The van der Waals surface area contributed by atoms with Crippen LogP contribution in [0.2, 0.25) is 0 Å². The molecule has 1 rings (SSSR count). The first kappa shape index (κ1) is 18.9. The van der Waals surface area contributed by atoms with Gasteiger partial charge in [-0.1, -0.05) is 44.8 Å². The van der Waals surface area contributed by atoms with Gasteiger partial charge in [-0.2, -0.15) is 0 Å². The second kappa shape index (κ2) is 10.6. The molecule has 0 N–H and O–H groups in total. The minimum Gasteiger partial charge on any atom is -0.462 e. The lowest BCUT2D eigenvalue weighted by Crippen LogP contribution is -2.40. The topological polar surface area (TPSA) is 43.4 Å². The van der Waals surface area contributed by atoms with Gasteiger partial charge in [0.1, 0.15) is 11.7 Å². The Morgan fingerprint density at radius 1 is 1.14 bits per heavy atom. The van der Waals surface area contributed by atoms with Crippen molar-refractivity contribution in [2.75, 3.05) is 0 Å². The van der Waals surface area contributed by atoms with Crippen molar-refractivity contribution in [1.29, 1.82) is 0 Å². The second-order valence-corrected chi connectivity index (χ2v) is 6.63. The standard InChI is InChI=1S/C19H32O3/c1-4-5-6-7-8-9-10-11-12-13-17(20)18-15(2)14-16(3)22-19(18)21/h4-5,15-16,18H,6-14H2,1-3H3. The normalized spacial score (nSPS) is 25.4. The van der Waals surface area contributed by atoms with E-state index >= 15 is 0 Å². The number of unbranched alkanes of at least 4 members (excludes halogenated alkanes) is 6. The fourth-order valence-electron chi connectivity index (χ4n) is 3.25. The van der Waals surface area contributed by atoms with E-state index in [1.807, 2.05) is 13.8 Å². The Morgan fingerprint density at radius 3 is 2.41 bits per heavy atom. The van der Waals surface area contributed by atoms with E-state index in [1.54, 1.807) is 0 Å². The van der Waals surface area contributed by atoms with Crippen LogP contribution in [0.4, 0.5) is 0 Å². The van der Waals surface area contributed by atoms with E-state index in [1.165, 1.54) is 32.1 Å². The number of rotatable bonds is 10. The van der Waals surface area contributed by atoms with Crippen molar-refractivity contribution in [1.82, 2.24) is 0 Å². The van der Waals surface area contributed by atoms with Crippen molar-refractivity contribution in [2.24, 2.45) is 11.8 Å². The molecule has 3 nitrogen and oxygen atoms in total. The molecule has 0 radical (unpaired) electrons. The smallest absolute Gasteiger partial charge is 0.317 e.